The third-order valence-electron chi connectivity index (χ3n) is 5.01. The monoisotopic (exact) mass is 435 g/mol. The predicted octanol–water partition coefficient (Wildman–Crippen LogP) is 3.24. The topological polar surface area (TPSA) is 107 Å². The van der Waals surface area contributed by atoms with Crippen molar-refractivity contribution in [3.05, 3.63) is 59.4 Å². The molecule has 3 aromatic rings. The van der Waals surface area contributed by atoms with E-state index in [4.69, 9.17) is 9.47 Å². The quantitative estimate of drug-likeness (QED) is 0.590. The second-order valence-corrected chi connectivity index (χ2v) is 7.65. The molecule has 0 bridgehead atoms. The lowest BCUT2D eigenvalue weighted by molar-refractivity contribution is -0.118. The summed E-state index contributed by atoms with van der Waals surface area (Å²) in [5.41, 5.74) is 3.71. The first-order valence-electron chi connectivity index (χ1n) is 10.4. The van der Waals surface area contributed by atoms with Crippen LogP contribution >= 0.6 is 0 Å². The minimum atomic E-state index is -0.303. The number of amides is 2. The van der Waals surface area contributed by atoms with E-state index in [1.165, 1.54) is 6.33 Å². The van der Waals surface area contributed by atoms with Gasteiger partial charge >= 0.3 is 0 Å². The molecule has 9 nitrogen and oxygen atoms in total. The zero-order valence-electron chi connectivity index (χ0n) is 18.2. The van der Waals surface area contributed by atoms with Crippen molar-refractivity contribution in [2.45, 2.75) is 33.2 Å². The molecule has 2 heterocycles. The van der Waals surface area contributed by atoms with Crippen molar-refractivity contribution in [3.63, 3.8) is 0 Å². The lowest BCUT2D eigenvalue weighted by atomic mass is 10.0. The van der Waals surface area contributed by atoms with Crippen LogP contribution in [0.25, 0.3) is 0 Å². The van der Waals surface area contributed by atoms with Crippen molar-refractivity contribution in [2.75, 3.05) is 23.8 Å². The van der Waals surface area contributed by atoms with E-state index in [1.54, 1.807) is 10.7 Å². The van der Waals surface area contributed by atoms with Gasteiger partial charge in [-0.1, -0.05) is 12.1 Å². The maximum atomic E-state index is 12.4. The molecule has 2 N–H and O–H groups in total. The molecule has 2 aromatic carbocycles. The van der Waals surface area contributed by atoms with Crippen molar-refractivity contribution >= 4 is 23.5 Å². The summed E-state index contributed by atoms with van der Waals surface area (Å²) in [6.45, 7) is 6.09. The van der Waals surface area contributed by atoms with E-state index in [0.29, 0.717) is 24.1 Å². The standard InChI is InChI=1S/C23H25N5O4/c1-4-31-20-10-16(18-11-21(29)27-23-24-13-25-28(18)23)5-6-19(20)32-12-22(30)26-17-8-14(2)7-15(3)9-17/h5-10,13,18H,4,11-12H2,1-3H3,(H,26,30)(H,24,25,27,29)/t18-/m0/s1. The van der Waals surface area contributed by atoms with Crippen LogP contribution in [-0.4, -0.2) is 39.8 Å². The number of carbonyl (C=O) groups excluding carboxylic acids is 2. The summed E-state index contributed by atoms with van der Waals surface area (Å²) in [7, 11) is 0. The van der Waals surface area contributed by atoms with Gasteiger partial charge < -0.3 is 14.8 Å². The van der Waals surface area contributed by atoms with Gasteiger partial charge in [0.25, 0.3) is 5.91 Å². The minimum Gasteiger partial charge on any atom is -0.490 e. The molecular formula is C23H25N5O4. The van der Waals surface area contributed by atoms with Gasteiger partial charge in [-0.2, -0.15) is 10.1 Å². The molecule has 9 heteroatoms. The van der Waals surface area contributed by atoms with Crippen LogP contribution < -0.4 is 20.1 Å². The molecule has 0 spiro atoms. The fourth-order valence-corrected chi connectivity index (χ4v) is 3.77. The van der Waals surface area contributed by atoms with E-state index in [2.05, 4.69) is 20.7 Å². The van der Waals surface area contributed by atoms with Crippen molar-refractivity contribution < 1.29 is 19.1 Å². The highest BCUT2D eigenvalue weighted by molar-refractivity contribution is 5.92. The normalized spacial score (nSPS) is 15.0. The van der Waals surface area contributed by atoms with E-state index in [9.17, 15) is 9.59 Å². The molecule has 1 aliphatic heterocycles. The molecule has 1 atom stereocenters. The fourth-order valence-electron chi connectivity index (χ4n) is 3.77. The fraction of sp³-hybridized carbons (Fsp3) is 0.304. The van der Waals surface area contributed by atoms with Crippen LogP contribution in [0.15, 0.2) is 42.7 Å². The van der Waals surface area contributed by atoms with Crippen LogP contribution in [0.5, 0.6) is 11.5 Å². The van der Waals surface area contributed by atoms with Gasteiger partial charge in [-0.25, -0.2) is 4.68 Å². The van der Waals surface area contributed by atoms with E-state index in [0.717, 1.165) is 22.4 Å². The average Bonchev–Trinajstić information content (AvgIpc) is 3.20. The Bertz CT molecular complexity index is 1140. The van der Waals surface area contributed by atoms with Crippen molar-refractivity contribution in [2.24, 2.45) is 0 Å². The zero-order chi connectivity index (χ0) is 22.7. The molecule has 0 unspecified atom stereocenters. The van der Waals surface area contributed by atoms with Gasteiger partial charge in [0.1, 0.15) is 6.33 Å². The Morgan fingerprint density at radius 2 is 1.94 bits per heavy atom. The second kappa shape index (κ2) is 9.09. The van der Waals surface area contributed by atoms with Gasteiger partial charge in [-0.3, -0.25) is 14.9 Å². The number of fused-ring (bicyclic) bond motifs is 1. The molecule has 1 aromatic heterocycles. The van der Waals surface area contributed by atoms with Crippen LogP contribution in [0, 0.1) is 13.8 Å². The number of nitrogens with one attached hydrogen (secondary N) is 2. The van der Waals surface area contributed by atoms with Gasteiger partial charge in [0.05, 0.1) is 19.1 Å². The number of benzene rings is 2. The van der Waals surface area contributed by atoms with Gasteiger partial charge in [0.2, 0.25) is 11.9 Å². The second-order valence-electron chi connectivity index (χ2n) is 7.65. The van der Waals surface area contributed by atoms with E-state index >= 15 is 0 Å². The molecule has 32 heavy (non-hydrogen) atoms. The first kappa shape index (κ1) is 21.4. The summed E-state index contributed by atoms with van der Waals surface area (Å²) in [5.74, 6) is 0.962. The molecular weight excluding hydrogens is 410 g/mol. The molecule has 0 saturated carbocycles. The Morgan fingerprint density at radius 3 is 2.69 bits per heavy atom. The highest BCUT2D eigenvalue weighted by atomic mass is 16.5. The maximum Gasteiger partial charge on any atom is 0.262 e. The van der Waals surface area contributed by atoms with E-state index < -0.39 is 0 Å². The highest BCUT2D eigenvalue weighted by Gasteiger charge is 2.28. The first-order chi connectivity index (χ1) is 15.4. The molecule has 2 amide bonds. The van der Waals surface area contributed by atoms with Gasteiger partial charge in [-0.05, 0) is 61.7 Å². The van der Waals surface area contributed by atoms with Gasteiger partial charge in [0, 0.05) is 5.69 Å². The van der Waals surface area contributed by atoms with Gasteiger partial charge in [0.15, 0.2) is 18.1 Å². The maximum absolute atomic E-state index is 12.4. The largest absolute Gasteiger partial charge is 0.490 e. The molecule has 0 fully saturated rings. The summed E-state index contributed by atoms with van der Waals surface area (Å²) in [6, 6.07) is 11.0. The van der Waals surface area contributed by atoms with Crippen LogP contribution in [-0.2, 0) is 9.59 Å². The number of aryl methyl sites for hydroxylation is 2. The molecule has 0 aliphatic carbocycles. The Kier molecular flexibility index (Phi) is 6.07. The van der Waals surface area contributed by atoms with Crippen molar-refractivity contribution in [1.29, 1.82) is 0 Å². The van der Waals surface area contributed by atoms with Crippen LogP contribution in [0.4, 0.5) is 11.6 Å². The number of anilines is 2. The summed E-state index contributed by atoms with van der Waals surface area (Å²) in [5, 5.41) is 9.78. The lowest BCUT2D eigenvalue weighted by Crippen LogP contribution is -2.29. The number of rotatable bonds is 7. The van der Waals surface area contributed by atoms with Crippen LogP contribution in [0.1, 0.15) is 36.1 Å². The molecule has 166 valence electrons. The number of carbonyl (C=O) groups is 2. The molecule has 4 rings (SSSR count). The van der Waals surface area contributed by atoms with Crippen LogP contribution in [0.2, 0.25) is 0 Å². The third kappa shape index (κ3) is 4.72. The summed E-state index contributed by atoms with van der Waals surface area (Å²) in [6.07, 6.45) is 1.64. The lowest BCUT2D eigenvalue weighted by Gasteiger charge is -2.24. The number of ether oxygens (including phenoxy) is 2. The number of nitrogens with zero attached hydrogens (tertiary/aromatic N) is 3. The third-order valence-corrected chi connectivity index (χ3v) is 5.01. The summed E-state index contributed by atoms with van der Waals surface area (Å²) >= 11 is 0. The van der Waals surface area contributed by atoms with Gasteiger partial charge in [-0.15, -0.1) is 0 Å². The Morgan fingerprint density at radius 1 is 1.16 bits per heavy atom. The van der Waals surface area contributed by atoms with Crippen molar-refractivity contribution in [1.82, 2.24) is 14.8 Å². The Labute approximate surface area is 185 Å². The molecule has 0 saturated heterocycles. The summed E-state index contributed by atoms with van der Waals surface area (Å²) < 4.78 is 13.2. The number of hydrogen-bond acceptors (Lipinski definition) is 6. The zero-order valence-corrected chi connectivity index (χ0v) is 18.2. The Hall–Kier alpha value is -3.88. The average molecular weight is 435 g/mol. The smallest absolute Gasteiger partial charge is 0.262 e. The van der Waals surface area contributed by atoms with E-state index in [-0.39, 0.29) is 30.9 Å². The number of hydrogen-bond donors (Lipinski definition) is 2. The predicted molar refractivity (Wildman–Crippen MR) is 119 cm³/mol. The highest BCUT2D eigenvalue weighted by Crippen LogP contribution is 2.35. The van der Waals surface area contributed by atoms with Crippen LogP contribution in [0.3, 0.4) is 0 Å². The van der Waals surface area contributed by atoms with Crippen molar-refractivity contribution in [3.8, 4) is 11.5 Å². The minimum absolute atomic E-state index is 0.128. The molecule has 0 radical (unpaired) electrons. The first-order valence-corrected chi connectivity index (χ1v) is 10.4. The van der Waals surface area contributed by atoms with E-state index in [1.807, 2.05) is 51.1 Å². The molecule has 1 aliphatic rings. The number of aromatic nitrogens is 3. The SMILES string of the molecule is CCOc1cc([C@@H]2CC(=O)Nc3ncnn32)ccc1OCC(=O)Nc1cc(C)cc(C)c1. The Balaban J connectivity index is 1.49. The summed E-state index contributed by atoms with van der Waals surface area (Å²) in [4.78, 5) is 28.5.